The van der Waals surface area contributed by atoms with Crippen LogP contribution >= 0.6 is 0 Å². The first-order chi connectivity index (χ1) is 14.0. The van der Waals surface area contributed by atoms with Crippen LogP contribution in [0.2, 0.25) is 0 Å². The molecule has 2 fully saturated rings. The van der Waals surface area contributed by atoms with Gasteiger partial charge in [-0.25, -0.2) is 4.99 Å². The van der Waals surface area contributed by atoms with Crippen LogP contribution in [0.15, 0.2) is 15.6 Å². The van der Waals surface area contributed by atoms with Crippen molar-refractivity contribution in [2.75, 3.05) is 53.4 Å². The quantitative estimate of drug-likeness (QED) is 0.575. The minimum atomic E-state index is 0.0296. The second-order valence-corrected chi connectivity index (χ2v) is 8.51. The van der Waals surface area contributed by atoms with E-state index in [0.717, 1.165) is 62.6 Å². The van der Waals surface area contributed by atoms with Gasteiger partial charge in [-0.15, -0.1) is 0 Å². The van der Waals surface area contributed by atoms with Gasteiger partial charge in [0.2, 0.25) is 5.91 Å². The van der Waals surface area contributed by atoms with Gasteiger partial charge >= 0.3 is 0 Å². The summed E-state index contributed by atoms with van der Waals surface area (Å²) in [5.41, 5.74) is 0.983. The van der Waals surface area contributed by atoms with Crippen LogP contribution in [0, 0.1) is 12.8 Å². The number of rotatable bonds is 6. The number of piperazine rings is 1. The van der Waals surface area contributed by atoms with E-state index < -0.39 is 0 Å². The van der Waals surface area contributed by atoms with Crippen LogP contribution in [-0.4, -0.2) is 85.1 Å². The van der Waals surface area contributed by atoms with E-state index in [0.29, 0.717) is 0 Å². The molecule has 1 aliphatic carbocycles. The Hall–Kier alpha value is -2.09. The van der Waals surface area contributed by atoms with Crippen LogP contribution < -0.4 is 5.32 Å². The summed E-state index contributed by atoms with van der Waals surface area (Å²) in [4.78, 5) is 23.0. The van der Waals surface area contributed by atoms with Crippen LogP contribution in [0.5, 0.6) is 0 Å². The molecule has 0 atom stereocenters. The molecule has 1 aromatic rings. The lowest BCUT2D eigenvalue weighted by Gasteiger charge is -2.36. The van der Waals surface area contributed by atoms with Gasteiger partial charge in [-0.1, -0.05) is 24.4 Å². The molecule has 0 radical (unpaired) electrons. The maximum atomic E-state index is 12.0. The Morgan fingerprint density at radius 2 is 1.97 bits per heavy atom. The standard InChI is InChI=1S/C21H36N6O2/c1-17-13-19(24-29-17)16-26-9-11-27(12-10-26)21(23-15-20(28)25(2)3)22-14-18-7-5-4-6-8-18/h13,18H,4-12,14-16H2,1-3H3,(H,22,23). The number of hydrogen-bond donors (Lipinski definition) is 1. The van der Waals surface area contributed by atoms with Crippen LogP contribution in [0.1, 0.15) is 43.6 Å². The fraction of sp³-hybridized carbons (Fsp3) is 0.762. The van der Waals surface area contributed by atoms with Crippen molar-refractivity contribution in [3.05, 3.63) is 17.5 Å². The second kappa shape index (κ2) is 10.6. The van der Waals surface area contributed by atoms with Crippen molar-refractivity contribution >= 4 is 11.9 Å². The zero-order valence-electron chi connectivity index (χ0n) is 18.2. The number of hydrogen-bond acceptors (Lipinski definition) is 5. The average Bonchev–Trinajstić information content (AvgIpc) is 3.14. The molecule has 1 N–H and O–H groups in total. The number of aryl methyl sites for hydroxylation is 1. The van der Waals surface area contributed by atoms with Crippen molar-refractivity contribution in [1.82, 2.24) is 25.2 Å². The van der Waals surface area contributed by atoms with Crippen LogP contribution in [0.4, 0.5) is 0 Å². The van der Waals surface area contributed by atoms with Crippen molar-refractivity contribution in [2.45, 2.75) is 45.6 Å². The minimum Gasteiger partial charge on any atom is -0.361 e. The summed E-state index contributed by atoms with van der Waals surface area (Å²) in [5.74, 6) is 2.48. The Bertz CT molecular complexity index is 672. The molecule has 162 valence electrons. The number of aliphatic imine (C=N–C) groups is 1. The van der Waals surface area contributed by atoms with E-state index in [2.05, 4.69) is 25.3 Å². The largest absolute Gasteiger partial charge is 0.361 e. The van der Waals surface area contributed by atoms with Gasteiger partial charge in [-0.3, -0.25) is 9.69 Å². The smallest absolute Gasteiger partial charge is 0.243 e. The number of likely N-dealkylation sites (N-methyl/N-ethyl adjacent to an activating group) is 1. The maximum Gasteiger partial charge on any atom is 0.243 e. The van der Waals surface area contributed by atoms with Crippen molar-refractivity contribution in [1.29, 1.82) is 0 Å². The highest BCUT2D eigenvalue weighted by Gasteiger charge is 2.22. The van der Waals surface area contributed by atoms with Crippen molar-refractivity contribution in [3.63, 3.8) is 0 Å². The van der Waals surface area contributed by atoms with E-state index in [9.17, 15) is 4.79 Å². The van der Waals surface area contributed by atoms with Crippen LogP contribution in [-0.2, 0) is 11.3 Å². The van der Waals surface area contributed by atoms with Gasteiger partial charge in [0.05, 0.1) is 5.69 Å². The molecule has 0 spiro atoms. The molecule has 1 saturated heterocycles. The zero-order valence-corrected chi connectivity index (χ0v) is 18.2. The van der Waals surface area contributed by atoms with Gasteiger partial charge < -0.3 is 19.6 Å². The normalized spacial score (nSPS) is 19.4. The third kappa shape index (κ3) is 6.73. The Labute approximate surface area is 174 Å². The summed E-state index contributed by atoms with van der Waals surface area (Å²) in [6.45, 7) is 7.55. The molecule has 0 aromatic carbocycles. The molecule has 0 bridgehead atoms. The molecule has 2 heterocycles. The summed E-state index contributed by atoms with van der Waals surface area (Å²) in [5, 5.41) is 7.68. The highest BCUT2D eigenvalue weighted by molar-refractivity contribution is 5.84. The lowest BCUT2D eigenvalue weighted by molar-refractivity contribution is -0.127. The predicted molar refractivity (Wildman–Crippen MR) is 114 cm³/mol. The number of nitrogens with zero attached hydrogens (tertiary/aromatic N) is 5. The number of nitrogens with one attached hydrogen (secondary N) is 1. The molecule has 1 amide bonds. The van der Waals surface area contributed by atoms with Crippen molar-refractivity contribution < 1.29 is 9.32 Å². The Balaban J connectivity index is 1.54. The van der Waals surface area contributed by atoms with Gasteiger partial charge in [0.15, 0.2) is 5.96 Å². The van der Waals surface area contributed by atoms with E-state index in [1.165, 1.54) is 32.1 Å². The molecule has 1 saturated carbocycles. The molecule has 8 nitrogen and oxygen atoms in total. The van der Waals surface area contributed by atoms with Crippen LogP contribution in [0.25, 0.3) is 0 Å². The molecule has 8 heteroatoms. The molecule has 1 aliphatic heterocycles. The first-order valence-corrected chi connectivity index (χ1v) is 10.9. The lowest BCUT2D eigenvalue weighted by Crippen LogP contribution is -2.53. The molecular formula is C21H36N6O2. The van der Waals surface area contributed by atoms with E-state index in [4.69, 9.17) is 4.52 Å². The zero-order chi connectivity index (χ0) is 20.6. The number of aromatic nitrogens is 1. The topological polar surface area (TPSA) is 77.2 Å². The van der Waals surface area contributed by atoms with Gasteiger partial charge in [-0.05, 0) is 25.7 Å². The number of carbonyl (C=O) groups is 1. The average molecular weight is 405 g/mol. The van der Waals surface area contributed by atoms with Crippen LogP contribution in [0.3, 0.4) is 0 Å². The fourth-order valence-electron chi connectivity index (χ4n) is 4.02. The predicted octanol–water partition coefficient (Wildman–Crippen LogP) is 1.71. The van der Waals surface area contributed by atoms with Crippen molar-refractivity contribution in [2.24, 2.45) is 10.9 Å². The first kappa shape index (κ1) is 21.6. The summed E-state index contributed by atoms with van der Waals surface area (Å²) >= 11 is 0. The van der Waals surface area contributed by atoms with Gasteiger partial charge in [0, 0.05) is 59.4 Å². The Kier molecular flexibility index (Phi) is 7.91. The summed E-state index contributed by atoms with van der Waals surface area (Å²) in [6, 6.07) is 2.00. The molecular weight excluding hydrogens is 368 g/mol. The fourth-order valence-corrected chi connectivity index (χ4v) is 4.02. The monoisotopic (exact) mass is 404 g/mol. The maximum absolute atomic E-state index is 12.0. The Morgan fingerprint density at radius 1 is 1.24 bits per heavy atom. The highest BCUT2D eigenvalue weighted by Crippen LogP contribution is 2.22. The highest BCUT2D eigenvalue weighted by atomic mass is 16.5. The van der Waals surface area contributed by atoms with E-state index in [-0.39, 0.29) is 12.5 Å². The second-order valence-electron chi connectivity index (χ2n) is 8.51. The summed E-state index contributed by atoms with van der Waals surface area (Å²) in [6.07, 6.45) is 6.61. The minimum absolute atomic E-state index is 0.0296. The van der Waals surface area contributed by atoms with Gasteiger partial charge in [-0.2, -0.15) is 0 Å². The third-order valence-corrected chi connectivity index (χ3v) is 5.87. The molecule has 2 aliphatic rings. The van der Waals surface area contributed by atoms with Gasteiger partial charge in [0.25, 0.3) is 0 Å². The van der Waals surface area contributed by atoms with Crippen molar-refractivity contribution in [3.8, 4) is 0 Å². The number of amides is 1. The first-order valence-electron chi connectivity index (χ1n) is 10.9. The lowest BCUT2D eigenvalue weighted by atomic mass is 9.89. The number of guanidine groups is 1. The number of carbonyl (C=O) groups excluding carboxylic acids is 1. The summed E-state index contributed by atoms with van der Waals surface area (Å²) < 4.78 is 5.18. The molecule has 0 unspecified atom stereocenters. The summed E-state index contributed by atoms with van der Waals surface area (Å²) in [7, 11) is 3.55. The molecule has 3 rings (SSSR count). The molecule has 29 heavy (non-hydrogen) atoms. The molecule has 1 aromatic heterocycles. The van der Waals surface area contributed by atoms with E-state index in [1.54, 1.807) is 19.0 Å². The van der Waals surface area contributed by atoms with Gasteiger partial charge in [0.1, 0.15) is 12.3 Å². The SMILES string of the molecule is Cc1cc(CN2CCN(C(=NCC(=O)N(C)C)NCC3CCCCC3)CC2)no1. The third-order valence-electron chi connectivity index (χ3n) is 5.87. The van der Waals surface area contributed by atoms with E-state index >= 15 is 0 Å². The van der Waals surface area contributed by atoms with E-state index in [1.807, 2.05) is 13.0 Å². The Morgan fingerprint density at radius 3 is 2.59 bits per heavy atom.